The summed E-state index contributed by atoms with van der Waals surface area (Å²) in [7, 11) is 0. The van der Waals surface area contributed by atoms with Crippen LogP contribution in [0.4, 0.5) is 9.18 Å². The van der Waals surface area contributed by atoms with Crippen LogP contribution in [-0.4, -0.2) is 41.6 Å². The lowest BCUT2D eigenvalue weighted by molar-refractivity contribution is 0.0199. The summed E-state index contributed by atoms with van der Waals surface area (Å²) in [6.07, 6.45) is 2.47. The van der Waals surface area contributed by atoms with E-state index in [9.17, 15) is 14.0 Å². The molecule has 1 fully saturated rings. The first kappa shape index (κ1) is 19.9. The van der Waals surface area contributed by atoms with Crippen LogP contribution in [0.15, 0.2) is 18.7 Å². The van der Waals surface area contributed by atoms with E-state index in [4.69, 9.17) is 4.74 Å². The number of piperidine rings is 1. The molecule has 0 aliphatic carbocycles. The van der Waals surface area contributed by atoms with Crippen LogP contribution in [0, 0.1) is 12.7 Å². The van der Waals surface area contributed by atoms with Gasteiger partial charge < -0.3 is 15.0 Å². The van der Waals surface area contributed by atoms with E-state index in [1.165, 1.54) is 12.1 Å². The third kappa shape index (κ3) is 5.07. The fourth-order valence-corrected chi connectivity index (χ4v) is 2.88. The smallest absolute Gasteiger partial charge is 0.410 e. The first-order valence-corrected chi connectivity index (χ1v) is 8.82. The Morgan fingerprint density at radius 1 is 1.31 bits per heavy atom. The third-order valence-corrected chi connectivity index (χ3v) is 4.30. The number of rotatable bonds is 3. The molecule has 1 aliphatic heterocycles. The number of amides is 2. The Kier molecular flexibility index (Phi) is 6.05. The van der Waals surface area contributed by atoms with Crippen molar-refractivity contribution in [2.24, 2.45) is 0 Å². The van der Waals surface area contributed by atoms with Crippen LogP contribution in [-0.2, 0) is 4.74 Å². The number of nitrogens with one attached hydrogen (secondary N) is 1. The number of benzene rings is 1. The van der Waals surface area contributed by atoms with E-state index in [0.717, 1.165) is 11.1 Å². The highest BCUT2D eigenvalue weighted by molar-refractivity contribution is 5.95. The van der Waals surface area contributed by atoms with Crippen LogP contribution in [0.2, 0.25) is 0 Å². The van der Waals surface area contributed by atoms with Crippen molar-refractivity contribution in [2.75, 3.05) is 13.1 Å². The van der Waals surface area contributed by atoms with Crippen LogP contribution >= 0.6 is 0 Å². The van der Waals surface area contributed by atoms with Crippen LogP contribution in [0.3, 0.4) is 0 Å². The number of carbonyl (C=O) groups excluding carboxylic acids is 2. The van der Waals surface area contributed by atoms with E-state index in [1.807, 2.05) is 20.8 Å². The van der Waals surface area contributed by atoms with Gasteiger partial charge in [-0.2, -0.15) is 0 Å². The van der Waals surface area contributed by atoms with Gasteiger partial charge in [-0.1, -0.05) is 12.7 Å². The largest absolute Gasteiger partial charge is 0.444 e. The van der Waals surface area contributed by atoms with Gasteiger partial charge in [0.05, 0.1) is 5.56 Å². The number of ether oxygens (including phenoxy) is 1. The van der Waals surface area contributed by atoms with Gasteiger partial charge in [0.2, 0.25) is 0 Å². The lowest BCUT2D eigenvalue weighted by Crippen LogP contribution is -2.47. The van der Waals surface area contributed by atoms with E-state index >= 15 is 0 Å². The number of hydrogen-bond acceptors (Lipinski definition) is 3. The molecule has 142 valence electrons. The zero-order valence-electron chi connectivity index (χ0n) is 15.9. The van der Waals surface area contributed by atoms with Gasteiger partial charge in [-0.25, -0.2) is 9.18 Å². The van der Waals surface area contributed by atoms with Gasteiger partial charge >= 0.3 is 6.09 Å². The first-order chi connectivity index (χ1) is 12.1. The Hall–Kier alpha value is -2.37. The van der Waals surface area contributed by atoms with Crippen molar-refractivity contribution in [1.29, 1.82) is 0 Å². The molecular formula is C20H27FN2O3. The average molecular weight is 362 g/mol. The van der Waals surface area contributed by atoms with Crippen LogP contribution in [0.25, 0.3) is 6.08 Å². The summed E-state index contributed by atoms with van der Waals surface area (Å²) in [4.78, 5) is 26.1. The number of aryl methyl sites for hydroxylation is 1. The van der Waals surface area contributed by atoms with E-state index < -0.39 is 17.3 Å². The zero-order valence-corrected chi connectivity index (χ0v) is 15.9. The molecule has 0 radical (unpaired) electrons. The molecule has 0 aromatic heterocycles. The first-order valence-electron chi connectivity index (χ1n) is 8.82. The Labute approximate surface area is 154 Å². The summed E-state index contributed by atoms with van der Waals surface area (Å²) < 4.78 is 19.5. The molecule has 1 saturated heterocycles. The Bertz CT molecular complexity index is 702. The van der Waals surface area contributed by atoms with Crippen molar-refractivity contribution in [3.63, 3.8) is 0 Å². The van der Waals surface area contributed by atoms with E-state index in [-0.39, 0.29) is 17.7 Å². The molecule has 0 spiro atoms. The minimum Gasteiger partial charge on any atom is -0.444 e. The standard InChI is InChI=1S/C20H27FN2O3/c1-6-14-12-16(17(21)11-13(14)2)18(24)22-15-7-9-23(10-8-15)19(25)26-20(3,4)5/h6,11-12,15H,1,7-10H2,2-5H3,(H,22,24). The fraction of sp³-hybridized carbons (Fsp3) is 0.500. The van der Waals surface area contributed by atoms with E-state index in [2.05, 4.69) is 11.9 Å². The zero-order chi connectivity index (χ0) is 19.5. The van der Waals surface area contributed by atoms with Gasteiger partial charge in [-0.05, 0) is 63.8 Å². The molecule has 1 N–H and O–H groups in total. The monoisotopic (exact) mass is 362 g/mol. The summed E-state index contributed by atoms with van der Waals surface area (Å²) in [5.41, 5.74) is 0.949. The predicted molar refractivity (Wildman–Crippen MR) is 99.5 cm³/mol. The quantitative estimate of drug-likeness (QED) is 0.887. The molecule has 6 heteroatoms. The number of halogens is 1. The SMILES string of the molecule is C=Cc1cc(C(=O)NC2CCN(C(=O)OC(C)(C)C)CC2)c(F)cc1C. The maximum absolute atomic E-state index is 14.1. The van der Waals surface area contributed by atoms with Gasteiger partial charge in [0.1, 0.15) is 11.4 Å². The summed E-state index contributed by atoms with van der Waals surface area (Å²) in [5, 5.41) is 2.86. The molecule has 5 nitrogen and oxygen atoms in total. The van der Waals surface area contributed by atoms with E-state index in [1.54, 1.807) is 17.9 Å². The van der Waals surface area contributed by atoms with Gasteiger partial charge in [-0.15, -0.1) is 0 Å². The highest BCUT2D eigenvalue weighted by atomic mass is 19.1. The highest BCUT2D eigenvalue weighted by Crippen LogP contribution is 2.19. The summed E-state index contributed by atoms with van der Waals surface area (Å²) in [6, 6.07) is 2.76. The number of likely N-dealkylation sites (tertiary alicyclic amines) is 1. The number of hydrogen-bond donors (Lipinski definition) is 1. The number of nitrogens with zero attached hydrogens (tertiary/aromatic N) is 1. The molecule has 0 bridgehead atoms. The normalized spacial score (nSPS) is 15.5. The second kappa shape index (κ2) is 7.89. The fourth-order valence-electron chi connectivity index (χ4n) is 2.88. The number of carbonyl (C=O) groups is 2. The molecule has 2 rings (SSSR count). The lowest BCUT2D eigenvalue weighted by Gasteiger charge is -2.33. The summed E-state index contributed by atoms with van der Waals surface area (Å²) >= 11 is 0. The summed E-state index contributed by atoms with van der Waals surface area (Å²) in [5.74, 6) is -0.988. The van der Waals surface area contributed by atoms with E-state index in [0.29, 0.717) is 25.9 Å². The van der Waals surface area contributed by atoms with Crippen molar-refractivity contribution in [3.8, 4) is 0 Å². The molecule has 1 aromatic carbocycles. The maximum atomic E-state index is 14.1. The van der Waals surface area contributed by atoms with Crippen molar-refractivity contribution < 1.29 is 18.7 Å². The minimum absolute atomic E-state index is 0.0140. The second-order valence-electron chi connectivity index (χ2n) is 7.61. The molecule has 26 heavy (non-hydrogen) atoms. The van der Waals surface area contributed by atoms with Crippen molar-refractivity contribution in [1.82, 2.24) is 10.2 Å². The van der Waals surface area contributed by atoms with Gasteiger partial charge in [0, 0.05) is 19.1 Å². The Balaban J connectivity index is 1.94. The van der Waals surface area contributed by atoms with Crippen LogP contribution < -0.4 is 5.32 Å². The molecule has 1 aliphatic rings. The predicted octanol–water partition coefficient (Wildman–Crippen LogP) is 3.91. The molecule has 0 saturated carbocycles. The van der Waals surface area contributed by atoms with Crippen molar-refractivity contribution >= 4 is 18.1 Å². The molecule has 0 atom stereocenters. The molecule has 1 heterocycles. The Morgan fingerprint density at radius 3 is 2.46 bits per heavy atom. The van der Waals surface area contributed by atoms with Crippen LogP contribution in [0.1, 0.15) is 55.1 Å². The molecule has 2 amide bonds. The van der Waals surface area contributed by atoms with Gasteiger partial charge in [-0.3, -0.25) is 4.79 Å². The van der Waals surface area contributed by atoms with Crippen molar-refractivity contribution in [3.05, 3.63) is 41.2 Å². The average Bonchev–Trinajstić information content (AvgIpc) is 2.54. The maximum Gasteiger partial charge on any atom is 0.410 e. The lowest BCUT2D eigenvalue weighted by atomic mass is 10.0. The molecular weight excluding hydrogens is 335 g/mol. The topological polar surface area (TPSA) is 58.6 Å². The minimum atomic E-state index is -0.545. The van der Waals surface area contributed by atoms with Gasteiger partial charge in [0.15, 0.2) is 0 Å². The third-order valence-electron chi connectivity index (χ3n) is 4.30. The van der Waals surface area contributed by atoms with Gasteiger partial charge in [0.25, 0.3) is 5.91 Å². The highest BCUT2D eigenvalue weighted by Gasteiger charge is 2.28. The van der Waals surface area contributed by atoms with Crippen molar-refractivity contribution in [2.45, 2.75) is 52.2 Å². The van der Waals surface area contributed by atoms with Crippen LogP contribution in [0.5, 0.6) is 0 Å². The second-order valence-corrected chi connectivity index (χ2v) is 7.61. The Morgan fingerprint density at radius 2 is 1.92 bits per heavy atom. The molecule has 0 unspecified atom stereocenters. The summed E-state index contributed by atoms with van der Waals surface area (Å²) in [6.45, 7) is 11.9. The molecule has 1 aromatic rings.